The van der Waals surface area contributed by atoms with Crippen LogP contribution in [0.4, 0.5) is 0 Å². The molecule has 1 saturated carbocycles. The van der Waals surface area contributed by atoms with Gasteiger partial charge in [0, 0.05) is 43.6 Å². The van der Waals surface area contributed by atoms with Crippen LogP contribution in [0.1, 0.15) is 51.5 Å². The lowest BCUT2D eigenvalue weighted by Crippen LogP contribution is -2.53. The minimum atomic E-state index is -0.973. The first-order valence-electron chi connectivity index (χ1n) is 10.3. The maximum Gasteiger partial charge on any atom is 0.341 e. The Hall–Kier alpha value is -2.08. The molecular formula is C22H30N2O4. The quantitative estimate of drug-likeness (QED) is 0.843. The van der Waals surface area contributed by atoms with Crippen LogP contribution in [0.3, 0.4) is 0 Å². The van der Waals surface area contributed by atoms with E-state index in [1.807, 2.05) is 24.3 Å². The average molecular weight is 386 g/mol. The number of amides is 1. The van der Waals surface area contributed by atoms with Crippen LogP contribution in [0, 0.1) is 5.41 Å². The van der Waals surface area contributed by atoms with Crippen molar-refractivity contribution in [2.45, 2.75) is 70.6 Å². The van der Waals surface area contributed by atoms with Crippen molar-refractivity contribution in [2.24, 2.45) is 5.41 Å². The van der Waals surface area contributed by atoms with Crippen LogP contribution in [0.15, 0.2) is 24.3 Å². The number of carbonyl (C=O) groups excluding carboxylic acids is 1. The smallest absolute Gasteiger partial charge is 0.341 e. The Morgan fingerprint density at radius 3 is 2.50 bits per heavy atom. The minimum Gasteiger partial charge on any atom is -0.482 e. The van der Waals surface area contributed by atoms with Crippen molar-refractivity contribution in [3.05, 3.63) is 29.8 Å². The van der Waals surface area contributed by atoms with Crippen LogP contribution in [0.5, 0.6) is 5.75 Å². The Kier molecular flexibility index (Phi) is 5.08. The topological polar surface area (TPSA) is 70.1 Å². The second-order valence-corrected chi connectivity index (χ2v) is 8.86. The predicted molar refractivity (Wildman–Crippen MR) is 105 cm³/mol. The first kappa shape index (κ1) is 19.2. The number of ether oxygens (including phenoxy) is 1. The van der Waals surface area contributed by atoms with Crippen molar-refractivity contribution in [1.82, 2.24) is 9.80 Å². The molecule has 152 valence electrons. The number of likely N-dealkylation sites (tertiary alicyclic amines) is 2. The summed E-state index contributed by atoms with van der Waals surface area (Å²) in [6.07, 6.45) is 5.89. The van der Waals surface area contributed by atoms with Crippen LogP contribution < -0.4 is 4.74 Å². The van der Waals surface area contributed by atoms with E-state index in [0.717, 1.165) is 25.9 Å². The molecule has 4 rings (SSSR count). The fraction of sp³-hybridized carbons (Fsp3) is 0.636. The number of aliphatic carboxylic acids is 1. The second kappa shape index (κ2) is 7.39. The third-order valence-corrected chi connectivity index (χ3v) is 7.05. The molecule has 2 saturated heterocycles. The van der Waals surface area contributed by atoms with Crippen molar-refractivity contribution in [1.29, 1.82) is 0 Å². The minimum absolute atomic E-state index is 0.176. The first-order valence-corrected chi connectivity index (χ1v) is 10.3. The molecule has 2 bridgehead atoms. The summed E-state index contributed by atoms with van der Waals surface area (Å²) in [5.74, 6) is -0.172. The molecule has 1 aromatic carbocycles. The summed E-state index contributed by atoms with van der Waals surface area (Å²) in [7, 11) is 0. The number of piperidine rings is 1. The van der Waals surface area contributed by atoms with Gasteiger partial charge in [-0.25, -0.2) is 4.79 Å². The van der Waals surface area contributed by atoms with E-state index in [0.29, 0.717) is 23.9 Å². The second-order valence-electron chi connectivity index (χ2n) is 8.86. The van der Waals surface area contributed by atoms with Gasteiger partial charge < -0.3 is 14.7 Å². The highest BCUT2D eigenvalue weighted by atomic mass is 16.5. The average Bonchev–Trinajstić information content (AvgIpc) is 2.76. The highest BCUT2D eigenvalue weighted by Gasteiger charge is 2.59. The van der Waals surface area contributed by atoms with Crippen LogP contribution in [0.25, 0.3) is 0 Å². The van der Waals surface area contributed by atoms with Gasteiger partial charge in [0.15, 0.2) is 6.61 Å². The number of benzene rings is 1. The highest BCUT2D eigenvalue weighted by molar-refractivity contribution is 5.75. The van der Waals surface area contributed by atoms with Crippen molar-refractivity contribution in [3.8, 4) is 5.75 Å². The predicted octanol–water partition coefficient (Wildman–Crippen LogP) is 2.90. The molecule has 1 amide bonds. The van der Waals surface area contributed by atoms with Gasteiger partial charge in [-0.2, -0.15) is 0 Å². The monoisotopic (exact) mass is 386 g/mol. The number of fused-ring (bicyclic) bond motifs is 1. The van der Waals surface area contributed by atoms with E-state index in [9.17, 15) is 9.59 Å². The van der Waals surface area contributed by atoms with E-state index in [-0.39, 0.29) is 17.9 Å². The van der Waals surface area contributed by atoms with Crippen LogP contribution >= 0.6 is 0 Å². The number of rotatable bonds is 5. The molecule has 2 aliphatic heterocycles. The summed E-state index contributed by atoms with van der Waals surface area (Å²) in [6.45, 7) is 5.60. The summed E-state index contributed by atoms with van der Waals surface area (Å²) < 4.78 is 5.24. The van der Waals surface area contributed by atoms with Crippen LogP contribution in [0.2, 0.25) is 0 Å². The molecule has 3 aliphatic rings. The molecule has 6 heteroatoms. The zero-order valence-electron chi connectivity index (χ0n) is 16.8. The van der Waals surface area contributed by atoms with Gasteiger partial charge in [-0.15, -0.1) is 0 Å². The zero-order chi connectivity index (χ0) is 19.9. The molecule has 4 atom stereocenters. The van der Waals surface area contributed by atoms with Gasteiger partial charge >= 0.3 is 5.97 Å². The largest absolute Gasteiger partial charge is 0.482 e. The Balaban J connectivity index is 1.52. The Labute approximate surface area is 166 Å². The Morgan fingerprint density at radius 1 is 1.18 bits per heavy atom. The van der Waals surface area contributed by atoms with E-state index < -0.39 is 5.97 Å². The standard InChI is InChI=1S/C22H30N2O4/c1-15(25)24-17-11-22(2)19(5-3-4-6-20(22)24)23(13-17)12-16-7-9-18(10-8-16)28-14-21(26)27/h7-10,17,19-20H,3-6,11-14H2,1-2H3,(H,26,27)/t17-,19+,20-,22+/m0/s1. The number of nitrogens with zero attached hydrogens (tertiary/aromatic N) is 2. The third-order valence-electron chi connectivity index (χ3n) is 7.05. The third kappa shape index (κ3) is 3.39. The van der Waals surface area contributed by atoms with Crippen molar-refractivity contribution in [3.63, 3.8) is 0 Å². The van der Waals surface area contributed by atoms with Gasteiger partial charge in [0.05, 0.1) is 0 Å². The van der Waals surface area contributed by atoms with Gasteiger partial charge in [0.25, 0.3) is 0 Å². The van der Waals surface area contributed by atoms with E-state index in [1.54, 1.807) is 6.92 Å². The lowest BCUT2D eigenvalue weighted by atomic mass is 9.71. The fourth-order valence-electron chi connectivity index (χ4n) is 6.02. The zero-order valence-corrected chi connectivity index (χ0v) is 16.8. The number of carbonyl (C=O) groups is 2. The number of carboxylic acids is 1. The molecule has 0 radical (unpaired) electrons. The van der Waals surface area contributed by atoms with Gasteiger partial charge in [-0.05, 0) is 37.0 Å². The fourth-order valence-corrected chi connectivity index (χ4v) is 6.02. The molecule has 0 unspecified atom stereocenters. The first-order chi connectivity index (χ1) is 13.4. The summed E-state index contributed by atoms with van der Waals surface area (Å²) >= 11 is 0. The van der Waals surface area contributed by atoms with Crippen molar-refractivity contribution >= 4 is 11.9 Å². The van der Waals surface area contributed by atoms with Gasteiger partial charge in [0.2, 0.25) is 5.91 Å². The molecule has 0 spiro atoms. The summed E-state index contributed by atoms with van der Waals surface area (Å²) in [6, 6.07) is 8.93. The van der Waals surface area contributed by atoms with E-state index in [1.165, 1.54) is 24.8 Å². The number of hydrogen-bond acceptors (Lipinski definition) is 4. The molecule has 1 aliphatic carbocycles. The lowest BCUT2D eigenvalue weighted by Gasteiger charge is -2.46. The van der Waals surface area contributed by atoms with Crippen molar-refractivity contribution < 1.29 is 19.4 Å². The van der Waals surface area contributed by atoms with Gasteiger partial charge in [-0.3, -0.25) is 9.69 Å². The SMILES string of the molecule is CC(=O)N1[C@@H]2CN(Cc3ccc(OCC(=O)O)cc3)[C@@H]3CCCC[C@H]1[C@]3(C)C2. The van der Waals surface area contributed by atoms with Gasteiger partial charge in [0.1, 0.15) is 5.75 Å². The van der Waals surface area contributed by atoms with Crippen LogP contribution in [-0.2, 0) is 16.1 Å². The normalized spacial score (nSPS) is 32.1. The maximum atomic E-state index is 12.4. The molecule has 1 aromatic rings. The Bertz CT molecular complexity index is 749. The summed E-state index contributed by atoms with van der Waals surface area (Å²) in [5.41, 5.74) is 1.37. The van der Waals surface area contributed by atoms with Gasteiger partial charge in [-0.1, -0.05) is 31.9 Å². The number of hydrogen-bond donors (Lipinski definition) is 1. The van der Waals surface area contributed by atoms with E-state index in [2.05, 4.69) is 16.7 Å². The van der Waals surface area contributed by atoms with Crippen LogP contribution in [-0.4, -0.2) is 58.1 Å². The molecule has 1 N–H and O–H groups in total. The molecule has 3 fully saturated rings. The Morgan fingerprint density at radius 2 is 1.86 bits per heavy atom. The van der Waals surface area contributed by atoms with Crippen molar-refractivity contribution in [2.75, 3.05) is 13.2 Å². The maximum absolute atomic E-state index is 12.4. The molecule has 6 nitrogen and oxygen atoms in total. The molecular weight excluding hydrogens is 356 g/mol. The van der Waals surface area contributed by atoms with E-state index in [4.69, 9.17) is 9.84 Å². The lowest BCUT2D eigenvalue weighted by molar-refractivity contribution is -0.139. The van der Waals surface area contributed by atoms with E-state index >= 15 is 0 Å². The highest BCUT2D eigenvalue weighted by Crippen LogP contribution is 2.53. The summed E-state index contributed by atoms with van der Waals surface area (Å²) in [5, 5.41) is 8.73. The molecule has 28 heavy (non-hydrogen) atoms. The summed E-state index contributed by atoms with van der Waals surface area (Å²) in [4.78, 5) is 27.8. The molecule has 2 heterocycles. The molecule has 0 aromatic heterocycles. The number of carboxylic acid groups (broad SMARTS) is 1.